The Hall–Kier alpha value is -4.26. The Morgan fingerprint density at radius 3 is 2.47 bits per heavy atom. The molecule has 1 aliphatic rings. The molecule has 172 valence electrons. The predicted octanol–water partition coefficient (Wildman–Crippen LogP) is 5.23. The molecule has 0 saturated carbocycles. The van der Waals surface area contributed by atoms with Crippen LogP contribution in [0.15, 0.2) is 77.3 Å². The van der Waals surface area contributed by atoms with Crippen LogP contribution in [0.3, 0.4) is 0 Å². The van der Waals surface area contributed by atoms with E-state index in [9.17, 15) is 4.79 Å². The number of amides is 1. The highest BCUT2D eigenvalue weighted by Crippen LogP contribution is 2.33. The molecule has 2 heterocycles. The van der Waals surface area contributed by atoms with Crippen LogP contribution in [0.4, 0.5) is 0 Å². The maximum absolute atomic E-state index is 13.4. The van der Waals surface area contributed by atoms with E-state index in [0.29, 0.717) is 41.6 Å². The van der Waals surface area contributed by atoms with E-state index in [1.54, 1.807) is 12.0 Å². The fraction of sp³-hybridized carbons (Fsp3) is 0.185. The van der Waals surface area contributed by atoms with E-state index in [2.05, 4.69) is 5.16 Å². The molecule has 0 bridgehead atoms. The first-order chi connectivity index (χ1) is 16.6. The van der Waals surface area contributed by atoms with E-state index >= 15 is 0 Å². The molecule has 5 rings (SSSR count). The Kier molecular flexibility index (Phi) is 5.91. The molecule has 1 amide bonds. The zero-order chi connectivity index (χ0) is 23.5. The van der Waals surface area contributed by atoms with Gasteiger partial charge < -0.3 is 23.6 Å². The number of ether oxygens (including phenoxy) is 3. The summed E-state index contributed by atoms with van der Waals surface area (Å²) in [6.07, 6.45) is 0. The normalized spacial score (nSPS) is 11.9. The van der Waals surface area contributed by atoms with Gasteiger partial charge in [-0.25, -0.2) is 0 Å². The number of carbonyl (C=O) groups is 1. The number of hydrogen-bond acceptors (Lipinski definition) is 6. The molecule has 1 aromatic heterocycles. The molecule has 7 heteroatoms. The summed E-state index contributed by atoms with van der Waals surface area (Å²) in [4.78, 5) is 15.2. The van der Waals surface area contributed by atoms with E-state index in [-0.39, 0.29) is 12.7 Å². The van der Waals surface area contributed by atoms with E-state index < -0.39 is 0 Å². The summed E-state index contributed by atoms with van der Waals surface area (Å²) >= 11 is 0. The zero-order valence-electron chi connectivity index (χ0n) is 19.0. The third kappa shape index (κ3) is 4.59. The minimum atomic E-state index is -0.0911. The number of aromatic nitrogens is 1. The van der Waals surface area contributed by atoms with Crippen molar-refractivity contribution in [1.82, 2.24) is 10.1 Å². The Bertz CT molecular complexity index is 1300. The minimum absolute atomic E-state index is 0.0911. The summed E-state index contributed by atoms with van der Waals surface area (Å²) in [6.45, 7) is 2.88. The molecule has 0 spiro atoms. The summed E-state index contributed by atoms with van der Waals surface area (Å²) in [5.74, 6) is 2.70. The maximum atomic E-state index is 13.4. The SMILES string of the molecule is COc1ccc(-c2cc(CN(Cc3ccc4c(c3)OCO4)C(=O)c3ccc(C)cc3)no2)cc1. The first-order valence-corrected chi connectivity index (χ1v) is 10.9. The molecule has 4 aromatic rings. The van der Waals surface area contributed by atoms with Crippen LogP contribution in [0.5, 0.6) is 17.2 Å². The minimum Gasteiger partial charge on any atom is -0.497 e. The van der Waals surface area contributed by atoms with Gasteiger partial charge in [0.25, 0.3) is 5.91 Å². The third-order valence-corrected chi connectivity index (χ3v) is 5.68. The van der Waals surface area contributed by atoms with Crippen molar-refractivity contribution in [3.05, 3.63) is 95.2 Å². The summed E-state index contributed by atoms with van der Waals surface area (Å²) in [6, 6.07) is 22.7. The van der Waals surface area contributed by atoms with Crippen molar-refractivity contribution in [2.45, 2.75) is 20.0 Å². The van der Waals surface area contributed by atoms with Crippen LogP contribution < -0.4 is 14.2 Å². The van der Waals surface area contributed by atoms with Crippen LogP contribution in [0.25, 0.3) is 11.3 Å². The second kappa shape index (κ2) is 9.31. The Balaban J connectivity index is 1.40. The molecule has 1 aliphatic heterocycles. The lowest BCUT2D eigenvalue weighted by Gasteiger charge is -2.22. The van der Waals surface area contributed by atoms with Gasteiger partial charge in [0.05, 0.1) is 13.7 Å². The Labute approximate surface area is 197 Å². The fourth-order valence-electron chi connectivity index (χ4n) is 3.81. The molecule has 0 unspecified atom stereocenters. The van der Waals surface area contributed by atoms with Crippen molar-refractivity contribution in [3.8, 4) is 28.6 Å². The molecule has 0 saturated heterocycles. The van der Waals surface area contributed by atoms with Gasteiger partial charge >= 0.3 is 0 Å². The number of aryl methyl sites for hydroxylation is 1. The molecular formula is C27H24N2O5. The van der Waals surface area contributed by atoms with Gasteiger partial charge in [-0.05, 0) is 61.0 Å². The van der Waals surface area contributed by atoms with E-state index in [1.807, 2.05) is 79.7 Å². The van der Waals surface area contributed by atoms with Crippen LogP contribution in [-0.2, 0) is 13.1 Å². The zero-order valence-corrected chi connectivity index (χ0v) is 19.0. The van der Waals surface area contributed by atoms with Crippen LogP contribution in [0.2, 0.25) is 0 Å². The number of methoxy groups -OCH3 is 1. The summed E-state index contributed by atoms with van der Waals surface area (Å²) in [5.41, 5.74) is 4.19. The lowest BCUT2D eigenvalue weighted by Crippen LogP contribution is -2.30. The molecule has 0 N–H and O–H groups in total. The van der Waals surface area contributed by atoms with Crippen LogP contribution in [0.1, 0.15) is 27.2 Å². The molecule has 34 heavy (non-hydrogen) atoms. The van der Waals surface area contributed by atoms with Crippen LogP contribution >= 0.6 is 0 Å². The van der Waals surface area contributed by atoms with E-state index in [1.165, 1.54) is 0 Å². The van der Waals surface area contributed by atoms with Crippen molar-refractivity contribution < 1.29 is 23.5 Å². The quantitative estimate of drug-likeness (QED) is 0.379. The van der Waals surface area contributed by atoms with Crippen molar-refractivity contribution in [2.24, 2.45) is 0 Å². The lowest BCUT2D eigenvalue weighted by molar-refractivity contribution is 0.0726. The van der Waals surface area contributed by atoms with Crippen molar-refractivity contribution in [2.75, 3.05) is 13.9 Å². The summed E-state index contributed by atoms with van der Waals surface area (Å²) in [7, 11) is 1.63. The summed E-state index contributed by atoms with van der Waals surface area (Å²) in [5, 5.41) is 4.22. The lowest BCUT2D eigenvalue weighted by atomic mass is 10.1. The Morgan fingerprint density at radius 2 is 1.71 bits per heavy atom. The number of benzene rings is 3. The highest BCUT2D eigenvalue weighted by Gasteiger charge is 2.21. The molecular weight excluding hydrogens is 432 g/mol. The van der Waals surface area contributed by atoms with Crippen molar-refractivity contribution >= 4 is 5.91 Å². The average Bonchev–Trinajstić information content (AvgIpc) is 3.53. The van der Waals surface area contributed by atoms with E-state index in [4.69, 9.17) is 18.7 Å². The third-order valence-electron chi connectivity index (χ3n) is 5.68. The first kappa shape index (κ1) is 21.6. The van der Waals surface area contributed by atoms with Gasteiger partial charge in [0.15, 0.2) is 17.3 Å². The van der Waals surface area contributed by atoms with Gasteiger partial charge in [-0.3, -0.25) is 4.79 Å². The largest absolute Gasteiger partial charge is 0.497 e. The molecule has 7 nitrogen and oxygen atoms in total. The average molecular weight is 456 g/mol. The molecule has 0 atom stereocenters. The highest BCUT2D eigenvalue weighted by atomic mass is 16.7. The van der Waals surface area contributed by atoms with Crippen molar-refractivity contribution in [3.63, 3.8) is 0 Å². The van der Waals surface area contributed by atoms with Gasteiger partial charge in [-0.1, -0.05) is 28.9 Å². The number of carbonyl (C=O) groups excluding carboxylic acids is 1. The van der Waals surface area contributed by atoms with Crippen LogP contribution in [0, 0.1) is 6.92 Å². The maximum Gasteiger partial charge on any atom is 0.254 e. The van der Waals surface area contributed by atoms with Gasteiger partial charge in [0.1, 0.15) is 11.4 Å². The number of rotatable bonds is 7. The topological polar surface area (TPSA) is 74.0 Å². The summed E-state index contributed by atoms with van der Waals surface area (Å²) < 4.78 is 21.7. The van der Waals surface area contributed by atoms with Crippen LogP contribution in [-0.4, -0.2) is 29.9 Å². The standard InChI is InChI=1S/C27H24N2O5/c1-18-3-6-21(7-4-18)27(30)29(15-19-5-12-24-26(13-19)33-17-32-24)16-22-14-25(34-28-22)20-8-10-23(31-2)11-9-20/h3-14H,15-17H2,1-2H3. The number of nitrogens with zero attached hydrogens (tertiary/aromatic N) is 2. The fourth-order valence-corrected chi connectivity index (χ4v) is 3.81. The van der Waals surface area contributed by atoms with Gasteiger partial charge in [-0.15, -0.1) is 0 Å². The van der Waals surface area contributed by atoms with E-state index in [0.717, 1.165) is 22.4 Å². The molecule has 0 fully saturated rings. The van der Waals surface area contributed by atoms with Gasteiger partial charge in [0, 0.05) is 23.7 Å². The Morgan fingerprint density at radius 1 is 0.941 bits per heavy atom. The second-order valence-electron chi connectivity index (χ2n) is 8.13. The van der Waals surface area contributed by atoms with Gasteiger partial charge in [-0.2, -0.15) is 0 Å². The number of fused-ring (bicyclic) bond motifs is 1. The second-order valence-corrected chi connectivity index (χ2v) is 8.13. The first-order valence-electron chi connectivity index (χ1n) is 10.9. The number of hydrogen-bond donors (Lipinski definition) is 0. The van der Waals surface area contributed by atoms with Gasteiger partial charge in [0.2, 0.25) is 6.79 Å². The molecule has 3 aromatic carbocycles. The highest BCUT2D eigenvalue weighted by molar-refractivity contribution is 5.94. The van der Waals surface area contributed by atoms with Crippen molar-refractivity contribution in [1.29, 1.82) is 0 Å². The smallest absolute Gasteiger partial charge is 0.254 e. The molecule has 0 aliphatic carbocycles. The monoisotopic (exact) mass is 456 g/mol. The molecule has 0 radical (unpaired) electrons. The predicted molar refractivity (Wildman–Crippen MR) is 126 cm³/mol.